The molecule has 0 bridgehead atoms. The highest BCUT2D eigenvalue weighted by Crippen LogP contribution is 2.24. The van der Waals surface area contributed by atoms with E-state index in [1.165, 1.54) is 13.5 Å². The average molecular weight is 439 g/mol. The van der Waals surface area contributed by atoms with Gasteiger partial charge in [-0.3, -0.25) is 9.79 Å². The van der Waals surface area contributed by atoms with Crippen LogP contribution in [-0.2, 0) is 14.3 Å². The van der Waals surface area contributed by atoms with Crippen LogP contribution in [0.25, 0.3) is 0 Å². The molecule has 0 aliphatic carbocycles. The van der Waals surface area contributed by atoms with Gasteiger partial charge in [-0.2, -0.15) is 0 Å². The molecule has 134 valence electrons. The summed E-state index contributed by atoms with van der Waals surface area (Å²) in [5.41, 5.74) is 0. The summed E-state index contributed by atoms with van der Waals surface area (Å²) >= 11 is 0. The minimum absolute atomic E-state index is 0. The van der Waals surface area contributed by atoms with Gasteiger partial charge in [0.1, 0.15) is 0 Å². The van der Waals surface area contributed by atoms with Crippen LogP contribution >= 0.6 is 24.0 Å². The van der Waals surface area contributed by atoms with Crippen LogP contribution in [0.4, 0.5) is 0 Å². The van der Waals surface area contributed by atoms with Crippen molar-refractivity contribution >= 4 is 35.9 Å². The van der Waals surface area contributed by atoms with Crippen molar-refractivity contribution < 1.29 is 14.3 Å². The summed E-state index contributed by atoms with van der Waals surface area (Å²) in [6.45, 7) is 8.15. The number of hydrogen-bond acceptors (Lipinski definition) is 4. The third-order valence-corrected chi connectivity index (χ3v) is 4.49. The van der Waals surface area contributed by atoms with Crippen molar-refractivity contribution in [3.8, 4) is 0 Å². The lowest BCUT2D eigenvalue weighted by molar-refractivity contribution is -0.145. The van der Waals surface area contributed by atoms with Crippen LogP contribution in [0, 0.1) is 11.8 Å². The Balaban J connectivity index is 0.00000264. The van der Waals surface area contributed by atoms with Gasteiger partial charge in [-0.1, -0.05) is 6.92 Å². The van der Waals surface area contributed by atoms with Crippen LogP contribution in [0.2, 0.25) is 0 Å². The number of rotatable bonds is 5. The molecule has 0 aromatic heterocycles. The van der Waals surface area contributed by atoms with E-state index in [1.54, 1.807) is 0 Å². The maximum Gasteiger partial charge on any atom is 0.310 e. The molecule has 3 atom stereocenters. The largest absolute Gasteiger partial charge is 0.469 e. The summed E-state index contributed by atoms with van der Waals surface area (Å²) in [6, 6.07) is 0. The second-order valence-corrected chi connectivity index (χ2v) is 6.17. The van der Waals surface area contributed by atoms with Gasteiger partial charge in [0, 0.05) is 32.8 Å². The first-order valence-corrected chi connectivity index (χ1v) is 8.38. The van der Waals surface area contributed by atoms with E-state index >= 15 is 0 Å². The van der Waals surface area contributed by atoms with Crippen LogP contribution in [0.15, 0.2) is 4.99 Å². The van der Waals surface area contributed by atoms with Crippen LogP contribution in [0.3, 0.4) is 0 Å². The molecular weight excluding hydrogens is 409 g/mol. The van der Waals surface area contributed by atoms with Crippen molar-refractivity contribution in [3.63, 3.8) is 0 Å². The number of carbonyl (C=O) groups is 1. The van der Waals surface area contributed by atoms with E-state index in [1.807, 2.05) is 0 Å². The fourth-order valence-electron chi connectivity index (χ4n) is 3.21. The Morgan fingerprint density at radius 3 is 2.83 bits per heavy atom. The third-order valence-electron chi connectivity index (χ3n) is 4.49. The van der Waals surface area contributed by atoms with Gasteiger partial charge in [0.2, 0.25) is 0 Å². The van der Waals surface area contributed by atoms with Crippen molar-refractivity contribution in [1.82, 2.24) is 10.2 Å². The van der Waals surface area contributed by atoms with Gasteiger partial charge in [-0.15, -0.1) is 24.0 Å². The van der Waals surface area contributed by atoms with E-state index in [9.17, 15) is 4.79 Å². The fourth-order valence-corrected chi connectivity index (χ4v) is 3.21. The summed E-state index contributed by atoms with van der Waals surface area (Å²) in [5, 5.41) is 3.33. The van der Waals surface area contributed by atoms with Gasteiger partial charge in [-0.05, 0) is 32.1 Å². The van der Waals surface area contributed by atoms with Crippen molar-refractivity contribution in [3.05, 3.63) is 0 Å². The maximum absolute atomic E-state index is 11.8. The van der Waals surface area contributed by atoms with Crippen molar-refractivity contribution in [1.29, 1.82) is 0 Å². The zero-order valence-corrected chi connectivity index (χ0v) is 16.7. The summed E-state index contributed by atoms with van der Waals surface area (Å²) in [5.74, 6) is 1.01. The highest BCUT2D eigenvalue weighted by atomic mass is 127. The smallest absolute Gasteiger partial charge is 0.310 e. The Morgan fingerprint density at radius 1 is 1.43 bits per heavy atom. The normalized spacial score (nSPS) is 27.7. The van der Waals surface area contributed by atoms with Crippen molar-refractivity contribution in [2.75, 3.05) is 39.9 Å². The molecule has 2 rings (SSSR count). The van der Waals surface area contributed by atoms with Crippen LogP contribution in [0.1, 0.15) is 33.1 Å². The molecule has 0 saturated carbocycles. The molecule has 23 heavy (non-hydrogen) atoms. The maximum atomic E-state index is 11.8. The Labute approximate surface area is 156 Å². The molecule has 2 aliphatic rings. The van der Waals surface area contributed by atoms with Gasteiger partial charge in [-0.25, -0.2) is 0 Å². The topological polar surface area (TPSA) is 63.2 Å². The number of aliphatic imine (C=N–C) groups is 1. The fraction of sp³-hybridized carbons (Fsp3) is 0.875. The quantitative estimate of drug-likeness (QED) is 0.307. The second kappa shape index (κ2) is 10.3. The summed E-state index contributed by atoms with van der Waals surface area (Å²) < 4.78 is 10.5. The number of hydrogen-bond donors (Lipinski definition) is 1. The lowest BCUT2D eigenvalue weighted by Crippen LogP contribution is -2.40. The highest BCUT2D eigenvalue weighted by molar-refractivity contribution is 14.0. The summed E-state index contributed by atoms with van der Waals surface area (Å²) in [6.07, 6.45) is 3.65. The number of nitrogens with zero attached hydrogens (tertiary/aromatic N) is 2. The molecule has 1 N–H and O–H groups in total. The number of carbonyl (C=O) groups excluding carboxylic acids is 1. The molecule has 0 radical (unpaired) electrons. The van der Waals surface area contributed by atoms with E-state index < -0.39 is 0 Å². The predicted molar refractivity (Wildman–Crippen MR) is 101 cm³/mol. The standard InChI is InChI=1S/C16H29N3O3.HI/c1-4-17-16(18-8-7-13-6-5-9-22-13)19-10-12(2)14(11-19)15(20)21-3;/h12-14H,4-11H2,1-3H3,(H,17,18);1H. The van der Waals surface area contributed by atoms with Crippen LogP contribution < -0.4 is 5.32 Å². The first-order chi connectivity index (χ1) is 10.7. The Kier molecular flexibility index (Phi) is 9.19. The van der Waals surface area contributed by atoms with E-state index in [-0.39, 0.29) is 41.8 Å². The molecule has 0 amide bonds. The zero-order valence-electron chi connectivity index (χ0n) is 14.4. The number of ether oxygens (including phenoxy) is 2. The minimum atomic E-state index is -0.120. The lowest BCUT2D eigenvalue weighted by atomic mass is 9.99. The van der Waals surface area contributed by atoms with Crippen molar-refractivity contribution in [2.45, 2.75) is 39.2 Å². The molecule has 3 unspecified atom stereocenters. The highest BCUT2D eigenvalue weighted by Gasteiger charge is 2.36. The number of nitrogens with one attached hydrogen (secondary N) is 1. The monoisotopic (exact) mass is 439 g/mol. The molecule has 0 spiro atoms. The van der Waals surface area contributed by atoms with E-state index in [4.69, 9.17) is 14.5 Å². The predicted octanol–water partition coefficient (Wildman–Crippen LogP) is 1.88. The first kappa shape index (κ1) is 20.5. The molecule has 2 saturated heterocycles. The average Bonchev–Trinajstić information content (AvgIpc) is 3.15. The molecule has 2 heterocycles. The minimum Gasteiger partial charge on any atom is -0.469 e. The Morgan fingerprint density at radius 2 is 2.22 bits per heavy atom. The van der Waals surface area contributed by atoms with Gasteiger partial charge in [0.15, 0.2) is 5.96 Å². The lowest BCUT2D eigenvalue weighted by Gasteiger charge is -2.21. The Bertz CT molecular complexity index is 400. The molecule has 2 aliphatic heterocycles. The summed E-state index contributed by atoms with van der Waals surface area (Å²) in [4.78, 5) is 18.7. The molecule has 2 fully saturated rings. The first-order valence-electron chi connectivity index (χ1n) is 8.38. The molecule has 7 heteroatoms. The molecule has 0 aromatic rings. The molecular formula is C16H30IN3O3. The number of halogens is 1. The zero-order chi connectivity index (χ0) is 15.9. The van der Waals surface area contributed by atoms with Gasteiger partial charge in [0.05, 0.1) is 19.1 Å². The summed E-state index contributed by atoms with van der Waals surface area (Å²) in [7, 11) is 1.46. The van der Waals surface area contributed by atoms with Gasteiger partial charge < -0.3 is 19.7 Å². The number of guanidine groups is 1. The second-order valence-electron chi connectivity index (χ2n) is 6.17. The van der Waals surface area contributed by atoms with Gasteiger partial charge >= 0.3 is 5.97 Å². The number of likely N-dealkylation sites (tertiary alicyclic amines) is 1. The number of esters is 1. The number of methoxy groups -OCH3 is 1. The molecule has 0 aromatic carbocycles. The van der Waals surface area contributed by atoms with E-state index in [0.717, 1.165) is 45.0 Å². The van der Waals surface area contributed by atoms with Crippen molar-refractivity contribution in [2.24, 2.45) is 16.8 Å². The third kappa shape index (κ3) is 5.77. The van der Waals surface area contributed by atoms with Gasteiger partial charge in [0.25, 0.3) is 0 Å². The van der Waals surface area contributed by atoms with Crippen LogP contribution in [-0.4, -0.2) is 62.8 Å². The van der Waals surface area contributed by atoms with E-state index in [2.05, 4.69) is 24.1 Å². The molecule has 6 nitrogen and oxygen atoms in total. The van der Waals surface area contributed by atoms with Crippen LogP contribution in [0.5, 0.6) is 0 Å². The Hall–Kier alpha value is -0.570. The SMILES string of the molecule is CCNC(=NCCC1CCCO1)N1CC(C)C(C(=O)OC)C1.I. The van der Waals surface area contributed by atoms with E-state index in [0.29, 0.717) is 12.6 Å².